The zero-order chi connectivity index (χ0) is 30.8. The Kier molecular flexibility index (Phi) is 12.1. The summed E-state index contributed by atoms with van der Waals surface area (Å²) in [4.78, 5) is 48.5. The lowest BCUT2D eigenvalue weighted by Crippen LogP contribution is -2.45. The predicted octanol–water partition coefficient (Wildman–Crippen LogP) is 2.87. The molecular weight excluding hydrogens is 538 g/mol. The van der Waals surface area contributed by atoms with E-state index in [1.807, 2.05) is 20.8 Å². The molecule has 4 unspecified atom stereocenters. The van der Waals surface area contributed by atoms with E-state index in [1.165, 1.54) is 18.2 Å². The van der Waals surface area contributed by atoms with Gasteiger partial charge in [0.05, 0.1) is 5.60 Å². The van der Waals surface area contributed by atoms with E-state index in [0.717, 1.165) is 0 Å². The summed E-state index contributed by atoms with van der Waals surface area (Å²) in [5.74, 6) is -1.53. The molecule has 4 atom stereocenters. The number of alkyl carbamates (subject to hydrolysis) is 1. The van der Waals surface area contributed by atoms with Crippen molar-refractivity contribution in [1.29, 1.82) is 0 Å². The summed E-state index contributed by atoms with van der Waals surface area (Å²) in [5.41, 5.74) is -0.528. The fourth-order valence-electron chi connectivity index (χ4n) is 3.41. The highest BCUT2D eigenvalue weighted by Gasteiger charge is 2.44. The molecule has 41 heavy (non-hydrogen) atoms. The molecule has 1 aliphatic heterocycles. The summed E-state index contributed by atoms with van der Waals surface area (Å²) in [5, 5.41) is 17.3. The molecule has 2 rings (SSSR count). The molecule has 0 bridgehead atoms. The van der Waals surface area contributed by atoms with Gasteiger partial charge in [0.2, 0.25) is 0 Å². The van der Waals surface area contributed by atoms with Gasteiger partial charge < -0.3 is 39.4 Å². The smallest absolute Gasteiger partial charge is 0.412 e. The zero-order valence-corrected chi connectivity index (χ0v) is 24.4. The third-order valence-corrected chi connectivity index (χ3v) is 5.18. The first-order valence-electron chi connectivity index (χ1n) is 13.2. The van der Waals surface area contributed by atoms with E-state index in [2.05, 4.69) is 22.5 Å². The Morgan fingerprint density at radius 1 is 1.02 bits per heavy atom. The Bertz CT molecular complexity index is 1060. The van der Waals surface area contributed by atoms with E-state index in [9.17, 15) is 24.3 Å². The Balaban J connectivity index is 1.85. The van der Waals surface area contributed by atoms with Crippen molar-refractivity contribution >= 4 is 24.1 Å². The second-order valence-corrected chi connectivity index (χ2v) is 11.3. The van der Waals surface area contributed by atoms with Gasteiger partial charge in [-0.25, -0.2) is 14.4 Å². The predicted molar refractivity (Wildman–Crippen MR) is 147 cm³/mol. The second kappa shape index (κ2) is 14.8. The van der Waals surface area contributed by atoms with E-state index in [4.69, 9.17) is 23.7 Å². The van der Waals surface area contributed by atoms with Crippen LogP contribution in [0.1, 0.15) is 53.5 Å². The number of esters is 1. The topological polar surface area (TPSA) is 174 Å². The van der Waals surface area contributed by atoms with Crippen LogP contribution in [0.2, 0.25) is 0 Å². The molecular formula is C28H41N3O10. The van der Waals surface area contributed by atoms with Gasteiger partial charge in [-0.05, 0) is 65.7 Å². The van der Waals surface area contributed by atoms with E-state index < -0.39 is 59.9 Å². The largest absolute Gasteiger partial charge is 0.480 e. The minimum atomic E-state index is -1.09. The number of benzene rings is 1. The highest BCUT2D eigenvalue weighted by atomic mass is 16.8. The molecule has 1 aromatic carbocycles. The van der Waals surface area contributed by atoms with Crippen LogP contribution in [0.25, 0.3) is 0 Å². The third kappa shape index (κ3) is 13.5. The molecule has 0 spiro atoms. The van der Waals surface area contributed by atoms with Crippen molar-refractivity contribution in [3.05, 3.63) is 42.5 Å². The van der Waals surface area contributed by atoms with Gasteiger partial charge in [-0.15, -0.1) is 0 Å². The van der Waals surface area contributed by atoms with Crippen LogP contribution >= 0.6 is 0 Å². The van der Waals surface area contributed by atoms with Crippen molar-refractivity contribution in [1.82, 2.24) is 16.0 Å². The molecule has 228 valence electrons. The number of epoxide rings is 1. The standard InChI is InChI=1S/C28H41N3O10/c1-8-15-37-23(34)20(31-26(36)41-28(5,6)7)16-17-9-11-18(12-10-17)38-25(35)29-14-13-19(22(32)33)30-21-24(39-21)40-27(2,3)4/h8-12,19-21,24,30H,1,13-16H2,2-7H3,(H,29,35)(H,31,36)(H,32,33). The summed E-state index contributed by atoms with van der Waals surface area (Å²) < 4.78 is 26.5. The Morgan fingerprint density at radius 3 is 2.24 bits per heavy atom. The van der Waals surface area contributed by atoms with Crippen molar-refractivity contribution in [2.75, 3.05) is 13.2 Å². The first kappa shape index (κ1) is 33.5. The monoisotopic (exact) mass is 579 g/mol. The van der Waals surface area contributed by atoms with Gasteiger partial charge in [-0.1, -0.05) is 24.8 Å². The van der Waals surface area contributed by atoms with Crippen molar-refractivity contribution in [2.45, 2.75) is 90.2 Å². The Hall–Kier alpha value is -3.68. The molecule has 1 aromatic rings. The van der Waals surface area contributed by atoms with Crippen LogP contribution in [0.3, 0.4) is 0 Å². The number of ether oxygens (including phenoxy) is 5. The minimum Gasteiger partial charge on any atom is -0.480 e. The van der Waals surface area contributed by atoms with E-state index >= 15 is 0 Å². The number of nitrogens with one attached hydrogen (secondary N) is 3. The van der Waals surface area contributed by atoms with Crippen molar-refractivity contribution in [3.8, 4) is 5.75 Å². The van der Waals surface area contributed by atoms with Crippen LogP contribution in [-0.4, -0.2) is 78.2 Å². The summed E-state index contributed by atoms with van der Waals surface area (Å²) in [6.07, 6.45) is -1.01. The first-order valence-corrected chi connectivity index (χ1v) is 13.2. The first-order chi connectivity index (χ1) is 19.1. The summed E-state index contributed by atoms with van der Waals surface area (Å²) >= 11 is 0. The third-order valence-electron chi connectivity index (χ3n) is 5.18. The molecule has 4 N–H and O–H groups in total. The molecule has 0 saturated carbocycles. The van der Waals surface area contributed by atoms with Gasteiger partial charge >= 0.3 is 24.1 Å². The molecule has 1 fully saturated rings. The number of carbonyl (C=O) groups is 4. The lowest BCUT2D eigenvalue weighted by molar-refractivity contribution is -0.145. The maximum Gasteiger partial charge on any atom is 0.412 e. The second-order valence-electron chi connectivity index (χ2n) is 11.3. The van der Waals surface area contributed by atoms with E-state index in [0.29, 0.717) is 5.56 Å². The van der Waals surface area contributed by atoms with Crippen molar-refractivity contribution in [2.24, 2.45) is 0 Å². The molecule has 0 aliphatic carbocycles. The SMILES string of the molecule is C=CCOC(=O)C(Cc1ccc(OC(=O)NCCC(NC2OC2OC(C)(C)C)C(=O)O)cc1)NC(=O)OC(C)(C)C. The molecule has 1 saturated heterocycles. The van der Waals surface area contributed by atoms with Crippen LogP contribution in [0.5, 0.6) is 5.75 Å². The maximum absolute atomic E-state index is 12.5. The Morgan fingerprint density at radius 2 is 1.68 bits per heavy atom. The quantitative estimate of drug-likeness (QED) is 0.145. The Labute approximate surface area is 239 Å². The average molecular weight is 580 g/mol. The van der Waals surface area contributed by atoms with Gasteiger partial charge in [0, 0.05) is 13.0 Å². The number of rotatable bonds is 14. The van der Waals surface area contributed by atoms with E-state index in [1.54, 1.807) is 32.9 Å². The fourth-order valence-corrected chi connectivity index (χ4v) is 3.41. The number of hydrogen-bond acceptors (Lipinski definition) is 10. The minimum absolute atomic E-state index is 0.0169. The number of hydrogen-bond donors (Lipinski definition) is 4. The maximum atomic E-state index is 12.5. The van der Waals surface area contributed by atoms with Crippen LogP contribution in [0.15, 0.2) is 36.9 Å². The van der Waals surface area contributed by atoms with Gasteiger partial charge in [0.15, 0.2) is 12.5 Å². The molecule has 0 aromatic heterocycles. The lowest BCUT2D eigenvalue weighted by atomic mass is 10.1. The van der Waals surface area contributed by atoms with Gasteiger partial charge in [0.1, 0.15) is 30.0 Å². The molecule has 1 aliphatic rings. The van der Waals surface area contributed by atoms with Crippen LogP contribution < -0.4 is 20.7 Å². The van der Waals surface area contributed by atoms with Crippen LogP contribution in [0.4, 0.5) is 9.59 Å². The number of carboxylic acid groups (broad SMARTS) is 1. The highest BCUT2D eigenvalue weighted by molar-refractivity contribution is 5.82. The lowest BCUT2D eigenvalue weighted by Gasteiger charge is -2.23. The number of carbonyl (C=O) groups excluding carboxylic acids is 3. The van der Waals surface area contributed by atoms with E-state index in [-0.39, 0.29) is 31.7 Å². The zero-order valence-electron chi connectivity index (χ0n) is 24.4. The summed E-state index contributed by atoms with van der Waals surface area (Å²) in [6, 6.07) is 4.32. The number of carboxylic acids is 1. The fraction of sp³-hybridized carbons (Fsp3) is 0.571. The molecule has 2 amide bonds. The van der Waals surface area contributed by atoms with Crippen molar-refractivity contribution in [3.63, 3.8) is 0 Å². The van der Waals surface area contributed by atoms with Crippen LogP contribution in [0, 0.1) is 0 Å². The summed E-state index contributed by atoms with van der Waals surface area (Å²) in [7, 11) is 0. The molecule has 13 heteroatoms. The van der Waals surface area contributed by atoms with Gasteiger partial charge in [0.25, 0.3) is 0 Å². The number of amides is 2. The van der Waals surface area contributed by atoms with Gasteiger partial charge in [-0.2, -0.15) is 0 Å². The average Bonchev–Trinajstić information content (AvgIpc) is 3.56. The molecule has 13 nitrogen and oxygen atoms in total. The normalized spacial score (nSPS) is 17.9. The van der Waals surface area contributed by atoms with Gasteiger partial charge in [-0.3, -0.25) is 10.1 Å². The number of aliphatic carboxylic acids is 1. The van der Waals surface area contributed by atoms with Crippen molar-refractivity contribution < 1.29 is 48.0 Å². The molecule has 1 heterocycles. The summed E-state index contributed by atoms with van der Waals surface area (Å²) in [6.45, 7) is 14.2. The van der Waals surface area contributed by atoms with Crippen LogP contribution in [-0.2, 0) is 35.0 Å². The molecule has 0 radical (unpaired) electrons. The highest BCUT2D eigenvalue weighted by Crippen LogP contribution is 2.26.